The number of rotatable bonds is 9. The highest BCUT2D eigenvalue weighted by atomic mass is 32.2. The summed E-state index contributed by atoms with van der Waals surface area (Å²) in [7, 11) is -3.76. The topological polar surface area (TPSA) is 117 Å². The number of aliphatic hydroxyl groups excluding tert-OH is 1. The summed E-state index contributed by atoms with van der Waals surface area (Å²) in [6.07, 6.45) is 2.40. The van der Waals surface area contributed by atoms with E-state index in [0.29, 0.717) is 5.69 Å². The van der Waals surface area contributed by atoms with Crippen LogP contribution >= 0.6 is 0 Å². The lowest BCUT2D eigenvalue weighted by molar-refractivity contribution is -0.276. The molecule has 6 rings (SSSR count). The molecule has 230 valence electrons. The molecule has 3 heterocycles. The van der Waals surface area contributed by atoms with Crippen molar-refractivity contribution < 1.29 is 23.0 Å². The summed E-state index contributed by atoms with van der Waals surface area (Å²) in [5.74, 6) is 0.776. The van der Waals surface area contributed by atoms with Crippen molar-refractivity contribution in [1.82, 2.24) is 14.9 Å². The average Bonchev–Trinajstić information content (AvgIpc) is 3.07. The predicted octanol–water partition coefficient (Wildman–Crippen LogP) is 4.38. The highest BCUT2D eigenvalue weighted by Crippen LogP contribution is 2.42. The lowest BCUT2D eigenvalue weighted by Gasteiger charge is -2.44. The van der Waals surface area contributed by atoms with Crippen LogP contribution < -0.4 is 9.62 Å². The first kappa shape index (κ1) is 30.2. The summed E-state index contributed by atoms with van der Waals surface area (Å²) in [6, 6.07) is 25.1. The molecule has 0 unspecified atom stereocenters. The fourth-order valence-electron chi connectivity index (χ4n) is 5.73. The van der Waals surface area contributed by atoms with E-state index < -0.39 is 16.3 Å². The third kappa shape index (κ3) is 6.92. The van der Waals surface area contributed by atoms with Gasteiger partial charge in [0.2, 0.25) is 5.95 Å². The molecule has 2 saturated heterocycles. The van der Waals surface area contributed by atoms with Gasteiger partial charge in [0.25, 0.3) is 10.0 Å². The van der Waals surface area contributed by atoms with Crippen LogP contribution in [0, 0.1) is 5.92 Å². The van der Waals surface area contributed by atoms with Gasteiger partial charge in [0.05, 0.1) is 23.7 Å². The minimum absolute atomic E-state index is 0.0264. The van der Waals surface area contributed by atoms with Gasteiger partial charge >= 0.3 is 0 Å². The number of ether oxygens (including phenoxy) is 2. The Hall–Kier alpha value is -3.87. The van der Waals surface area contributed by atoms with Crippen LogP contribution in [0.2, 0.25) is 0 Å². The van der Waals surface area contributed by atoms with Crippen LogP contribution in [0.25, 0.3) is 0 Å². The number of piperazine rings is 1. The molecule has 0 saturated carbocycles. The summed E-state index contributed by atoms with van der Waals surface area (Å²) in [6.45, 7) is 6.18. The van der Waals surface area contributed by atoms with E-state index in [1.165, 1.54) is 0 Å². The molecule has 4 atom stereocenters. The molecule has 1 aromatic heterocycles. The second kappa shape index (κ2) is 13.4. The highest BCUT2D eigenvalue weighted by molar-refractivity contribution is 7.92. The van der Waals surface area contributed by atoms with E-state index in [4.69, 9.17) is 9.47 Å². The molecule has 11 heteroatoms. The van der Waals surface area contributed by atoms with Gasteiger partial charge in [-0.25, -0.2) is 18.4 Å². The molecule has 44 heavy (non-hydrogen) atoms. The van der Waals surface area contributed by atoms with Crippen molar-refractivity contribution in [3.05, 3.63) is 114 Å². The quantitative estimate of drug-likeness (QED) is 0.283. The van der Waals surface area contributed by atoms with Gasteiger partial charge in [0, 0.05) is 62.3 Å². The minimum Gasteiger partial charge on any atom is -0.392 e. The molecule has 2 fully saturated rings. The zero-order valence-corrected chi connectivity index (χ0v) is 25.4. The maximum absolute atomic E-state index is 13.0. The van der Waals surface area contributed by atoms with E-state index in [1.54, 1.807) is 60.9 Å². The van der Waals surface area contributed by atoms with Crippen LogP contribution in [0.15, 0.2) is 102 Å². The predicted molar refractivity (Wildman–Crippen MR) is 167 cm³/mol. The van der Waals surface area contributed by atoms with E-state index in [9.17, 15) is 13.5 Å². The van der Waals surface area contributed by atoms with E-state index in [1.807, 2.05) is 36.4 Å². The zero-order valence-electron chi connectivity index (χ0n) is 24.6. The van der Waals surface area contributed by atoms with Crippen molar-refractivity contribution in [3.8, 4) is 0 Å². The first-order chi connectivity index (χ1) is 21.4. The number of aromatic nitrogens is 2. The Bertz CT molecular complexity index is 1620. The number of nitrogens with zero attached hydrogens (tertiary/aromatic N) is 4. The molecular formula is C33H37N5O5S. The van der Waals surface area contributed by atoms with Crippen LogP contribution in [-0.2, 0) is 26.1 Å². The lowest BCUT2D eigenvalue weighted by atomic mass is 9.90. The van der Waals surface area contributed by atoms with Gasteiger partial charge in [0.15, 0.2) is 6.29 Å². The monoisotopic (exact) mass is 615 g/mol. The van der Waals surface area contributed by atoms with Gasteiger partial charge in [0.1, 0.15) is 0 Å². The molecule has 2 aliphatic rings. The van der Waals surface area contributed by atoms with Gasteiger partial charge in [-0.15, -0.1) is 0 Å². The number of aliphatic hydroxyl groups is 1. The Labute approximate surface area is 258 Å². The molecule has 0 radical (unpaired) electrons. The maximum atomic E-state index is 13.0. The SMILES string of the molecule is C[C@@H]1[C@H](CN2CCN(c3ncccn3)CC2)O[C@H](c2cccc(NS(=O)(=O)c3ccccc3)c2)O[C@@H]1c1ccc(CO)cc1. The van der Waals surface area contributed by atoms with E-state index >= 15 is 0 Å². The maximum Gasteiger partial charge on any atom is 0.261 e. The third-order valence-electron chi connectivity index (χ3n) is 8.23. The number of hydrogen-bond donors (Lipinski definition) is 2. The van der Waals surface area contributed by atoms with Gasteiger partial charge < -0.3 is 19.5 Å². The normalized spacial score (nSPS) is 22.9. The van der Waals surface area contributed by atoms with Crippen molar-refractivity contribution in [2.75, 3.05) is 42.3 Å². The largest absolute Gasteiger partial charge is 0.392 e. The van der Waals surface area contributed by atoms with Crippen molar-refractivity contribution >= 4 is 21.7 Å². The molecule has 2 aliphatic heterocycles. The van der Waals surface area contributed by atoms with E-state index in [2.05, 4.69) is 31.4 Å². The number of sulfonamides is 1. The summed E-state index contributed by atoms with van der Waals surface area (Å²) in [5.41, 5.74) is 2.98. The molecule has 10 nitrogen and oxygen atoms in total. The second-order valence-electron chi connectivity index (χ2n) is 11.2. The molecular weight excluding hydrogens is 578 g/mol. The Morgan fingerprint density at radius 3 is 2.30 bits per heavy atom. The molecule has 0 amide bonds. The Balaban J connectivity index is 1.21. The van der Waals surface area contributed by atoms with Gasteiger partial charge in [-0.3, -0.25) is 9.62 Å². The van der Waals surface area contributed by atoms with Gasteiger partial charge in [-0.2, -0.15) is 0 Å². The minimum atomic E-state index is -3.76. The molecule has 3 aromatic carbocycles. The number of nitrogens with one attached hydrogen (secondary N) is 1. The van der Waals surface area contributed by atoms with Crippen molar-refractivity contribution in [2.45, 2.75) is 36.9 Å². The van der Waals surface area contributed by atoms with Crippen molar-refractivity contribution in [2.24, 2.45) is 5.92 Å². The standard InChI is InChI=1S/C33H37N5O5S/c1-24-30(22-37-17-19-38(20-18-37)33-34-15-6-16-35-33)42-32(43-31(24)26-13-11-25(23-39)12-14-26)27-7-5-8-28(21-27)36-44(40,41)29-9-3-2-4-10-29/h2-16,21,24,30-32,36,39H,17-20,22-23H2,1H3/t24-,30+,31+,32+/m1/s1. The molecule has 0 bridgehead atoms. The Kier molecular flexibility index (Phi) is 9.20. The van der Waals surface area contributed by atoms with Crippen LogP contribution in [0.5, 0.6) is 0 Å². The average molecular weight is 616 g/mol. The number of hydrogen-bond acceptors (Lipinski definition) is 9. The number of benzene rings is 3. The number of anilines is 2. The Morgan fingerprint density at radius 2 is 1.59 bits per heavy atom. The van der Waals surface area contributed by atoms with Crippen molar-refractivity contribution in [1.29, 1.82) is 0 Å². The van der Waals surface area contributed by atoms with Crippen LogP contribution in [0.1, 0.15) is 36.0 Å². The smallest absolute Gasteiger partial charge is 0.261 e. The van der Waals surface area contributed by atoms with Gasteiger partial charge in [-0.1, -0.05) is 61.5 Å². The lowest BCUT2D eigenvalue weighted by Crippen LogP contribution is -2.51. The van der Waals surface area contributed by atoms with Gasteiger partial charge in [-0.05, 0) is 41.5 Å². The summed E-state index contributed by atoms with van der Waals surface area (Å²) in [5, 5.41) is 9.56. The molecule has 2 N–H and O–H groups in total. The van der Waals surface area contributed by atoms with Crippen LogP contribution in [0.4, 0.5) is 11.6 Å². The summed E-state index contributed by atoms with van der Waals surface area (Å²) >= 11 is 0. The summed E-state index contributed by atoms with van der Waals surface area (Å²) < 4.78 is 41.9. The van der Waals surface area contributed by atoms with E-state index in [-0.39, 0.29) is 29.6 Å². The zero-order chi connectivity index (χ0) is 30.5. The van der Waals surface area contributed by atoms with Crippen LogP contribution in [-0.4, -0.2) is 67.2 Å². The fourth-order valence-corrected chi connectivity index (χ4v) is 6.80. The Morgan fingerprint density at radius 1 is 0.864 bits per heavy atom. The highest BCUT2D eigenvalue weighted by Gasteiger charge is 2.39. The summed E-state index contributed by atoms with van der Waals surface area (Å²) in [4.78, 5) is 13.6. The molecule has 0 aliphatic carbocycles. The fraction of sp³-hybridized carbons (Fsp3) is 0.333. The van der Waals surface area contributed by atoms with Crippen LogP contribution in [0.3, 0.4) is 0 Å². The molecule has 4 aromatic rings. The molecule has 0 spiro atoms. The third-order valence-corrected chi connectivity index (χ3v) is 9.63. The first-order valence-electron chi connectivity index (χ1n) is 14.8. The van der Waals surface area contributed by atoms with E-state index in [0.717, 1.165) is 55.4 Å². The first-order valence-corrected chi connectivity index (χ1v) is 16.3. The van der Waals surface area contributed by atoms with Crippen molar-refractivity contribution in [3.63, 3.8) is 0 Å². The second-order valence-corrected chi connectivity index (χ2v) is 12.9.